The molecular weight excluding hydrogens is 296 g/mol. The molecule has 0 radical (unpaired) electrons. The SMILES string of the molecule is CN(C)C(=O)CCCCN1Cc2ccccc2-c2ccccc2C1. The monoisotopic (exact) mass is 322 g/mol. The molecule has 0 spiro atoms. The number of carbonyl (C=O) groups excluding carboxylic acids is 1. The summed E-state index contributed by atoms with van der Waals surface area (Å²) in [5.41, 5.74) is 5.51. The Kier molecular flexibility index (Phi) is 5.31. The molecule has 0 aliphatic carbocycles. The van der Waals surface area contributed by atoms with Crippen LogP contribution < -0.4 is 0 Å². The molecule has 0 fully saturated rings. The highest BCUT2D eigenvalue weighted by atomic mass is 16.2. The van der Waals surface area contributed by atoms with Gasteiger partial charge in [-0.15, -0.1) is 0 Å². The van der Waals surface area contributed by atoms with E-state index in [2.05, 4.69) is 53.4 Å². The highest BCUT2D eigenvalue weighted by molar-refractivity contribution is 5.75. The van der Waals surface area contributed by atoms with Gasteiger partial charge >= 0.3 is 0 Å². The summed E-state index contributed by atoms with van der Waals surface area (Å²) in [6.07, 6.45) is 2.66. The molecule has 2 aromatic rings. The van der Waals surface area contributed by atoms with Crippen molar-refractivity contribution < 1.29 is 4.79 Å². The van der Waals surface area contributed by atoms with Crippen LogP contribution in [0.5, 0.6) is 0 Å². The number of carbonyl (C=O) groups is 1. The lowest BCUT2D eigenvalue weighted by Gasteiger charge is -2.21. The van der Waals surface area contributed by atoms with Gasteiger partial charge in [0, 0.05) is 33.6 Å². The highest BCUT2D eigenvalue weighted by Crippen LogP contribution is 2.32. The van der Waals surface area contributed by atoms with E-state index in [9.17, 15) is 4.79 Å². The van der Waals surface area contributed by atoms with Crippen molar-refractivity contribution in [1.82, 2.24) is 9.80 Å². The minimum absolute atomic E-state index is 0.224. The van der Waals surface area contributed by atoms with E-state index >= 15 is 0 Å². The topological polar surface area (TPSA) is 23.6 Å². The third kappa shape index (κ3) is 3.85. The first-order chi connectivity index (χ1) is 11.6. The lowest BCUT2D eigenvalue weighted by Crippen LogP contribution is -2.24. The van der Waals surface area contributed by atoms with Gasteiger partial charge in [0.1, 0.15) is 0 Å². The molecule has 0 N–H and O–H groups in total. The van der Waals surface area contributed by atoms with Crippen molar-refractivity contribution in [2.45, 2.75) is 32.4 Å². The van der Waals surface area contributed by atoms with Gasteiger partial charge in [0.05, 0.1) is 0 Å². The molecule has 24 heavy (non-hydrogen) atoms. The smallest absolute Gasteiger partial charge is 0.222 e. The molecule has 0 unspecified atom stereocenters. The van der Waals surface area contributed by atoms with Gasteiger partial charge in [0.25, 0.3) is 0 Å². The molecule has 1 heterocycles. The van der Waals surface area contributed by atoms with E-state index in [4.69, 9.17) is 0 Å². The fraction of sp³-hybridized carbons (Fsp3) is 0.381. The summed E-state index contributed by atoms with van der Waals surface area (Å²) >= 11 is 0. The van der Waals surface area contributed by atoms with Crippen molar-refractivity contribution in [2.75, 3.05) is 20.6 Å². The normalized spacial score (nSPS) is 13.8. The predicted molar refractivity (Wildman–Crippen MR) is 98.5 cm³/mol. The quantitative estimate of drug-likeness (QED) is 0.779. The summed E-state index contributed by atoms with van der Waals surface area (Å²) in [5.74, 6) is 0.224. The highest BCUT2D eigenvalue weighted by Gasteiger charge is 2.18. The Hall–Kier alpha value is -2.13. The molecule has 3 nitrogen and oxygen atoms in total. The number of benzene rings is 2. The van der Waals surface area contributed by atoms with E-state index in [1.807, 2.05) is 14.1 Å². The van der Waals surface area contributed by atoms with Crippen molar-refractivity contribution in [3.63, 3.8) is 0 Å². The summed E-state index contributed by atoms with van der Waals surface area (Å²) in [4.78, 5) is 15.9. The van der Waals surface area contributed by atoms with Gasteiger partial charge in [0.2, 0.25) is 5.91 Å². The maximum atomic E-state index is 11.7. The number of hydrogen-bond donors (Lipinski definition) is 0. The second kappa shape index (κ2) is 7.63. The molecular formula is C21H26N2O. The summed E-state index contributed by atoms with van der Waals surface area (Å²) in [6, 6.07) is 17.4. The average molecular weight is 322 g/mol. The second-order valence-corrected chi connectivity index (χ2v) is 6.77. The molecule has 1 amide bonds. The largest absolute Gasteiger partial charge is 0.349 e. The van der Waals surface area contributed by atoms with Crippen molar-refractivity contribution in [3.05, 3.63) is 59.7 Å². The zero-order chi connectivity index (χ0) is 16.9. The van der Waals surface area contributed by atoms with Gasteiger partial charge in [-0.3, -0.25) is 9.69 Å². The third-order valence-corrected chi connectivity index (χ3v) is 4.73. The Labute approximate surface area is 144 Å². The van der Waals surface area contributed by atoms with Gasteiger partial charge in [-0.2, -0.15) is 0 Å². The van der Waals surface area contributed by atoms with Crippen LogP contribution in [0.1, 0.15) is 30.4 Å². The van der Waals surface area contributed by atoms with Crippen LogP contribution >= 0.6 is 0 Å². The minimum atomic E-state index is 0.224. The molecule has 2 aromatic carbocycles. The Morgan fingerprint density at radius 1 is 0.917 bits per heavy atom. The molecule has 1 aliphatic rings. The van der Waals surface area contributed by atoms with Crippen LogP contribution in [0.4, 0.5) is 0 Å². The van der Waals surface area contributed by atoms with Gasteiger partial charge in [-0.05, 0) is 41.6 Å². The van der Waals surface area contributed by atoms with Crippen molar-refractivity contribution in [1.29, 1.82) is 0 Å². The lowest BCUT2D eigenvalue weighted by molar-refractivity contribution is -0.128. The number of nitrogens with zero attached hydrogens (tertiary/aromatic N) is 2. The molecule has 0 atom stereocenters. The Morgan fingerprint density at radius 3 is 2.00 bits per heavy atom. The predicted octanol–water partition coefficient (Wildman–Crippen LogP) is 3.93. The summed E-state index contributed by atoms with van der Waals surface area (Å²) in [5, 5.41) is 0. The van der Waals surface area contributed by atoms with E-state index < -0.39 is 0 Å². The van der Waals surface area contributed by atoms with Crippen LogP contribution in [-0.2, 0) is 17.9 Å². The Morgan fingerprint density at radius 2 is 1.46 bits per heavy atom. The molecule has 0 saturated carbocycles. The first kappa shape index (κ1) is 16.7. The van der Waals surface area contributed by atoms with Crippen molar-refractivity contribution >= 4 is 5.91 Å². The van der Waals surface area contributed by atoms with Crippen LogP contribution in [0.3, 0.4) is 0 Å². The van der Waals surface area contributed by atoms with Crippen molar-refractivity contribution in [3.8, 4) is 11.1 Å². The molecule has 3 heteroatoms. The van der Waals surface area contributed by atoms with E-state index in [1.54, 1.807) is 4.90 Å². The second-order valence-electron chi connectivity index (χ2n) is 6.77. The first-order valence-electron chi connectivity index (χ1n) is 8.74. The zero-order valence-electron chi connectivity index (χ0n) is 14.7. The maximum absolute atomic E-state index is 11.7. The van der Waals surface area contributed by atoms with E-state index in [0.29, 0.717) is 6.42 Å². The van der Waals surface area contributed by atoms with Crippen LogP contribution in [-0.4, -0.2) is 36.3 Å². The number of unbranched alkanes of at least 4 members (excludes halogenated alkanes) is 1. The van der Waals surface area contributed by atoms with Crippen LogP contribution in [0, 0.1) is 0 Å². The minimum Gasteiger partial charge on any atom is -0.349 e. The molecule has 0 saturated heterocycles. The molecule has 1 aliphatic heterocycles. The third-order valence-electron chi connectivity index (χ3n) is 4.73. The number of rotatable bonds is 5. The summed E-state index contributed by atoms with van der Waals surface area (Å²) in [6.45, 7) is 2.99. The van der Waals surface area contributed by atoms with E-state index in [0.717, 1.165) is 32.5 Å². The Balaban J connectivity index is 1.68. The fourth-order valence-corrected chi connectivity index (χ4v) is 3.37. The first-order valence-corrected chi connectivity index (χ1v) is 8.74. The molecule has 0 bridgehead atoms. The molecule has 126 valence electrons. The van der Waals surface area contributed by atoms with E-state index in [1.165, 1.54) is 22.3 Å². The van der Waals surface area contributed by atoms with Gasteiger partial charge in [-0.25, -0.2) is 0 Å². The molecule has 3 rings (SSSR count). The van der Waals surface area contributed by atoms with Gasteiger partial charge < -0.3 is 4.90 Å². The Bertz CT molecular complexity index is 661. The fourth-order valence-electron chi connectivity index (χ4n) is 3.37. The van der Waals surface area contributed by atoms with E-state index in [-0.39, 0.29) is 5.91 Å². The van der Waals surface area contributed by atoms with Crippen LogP contribution in [0.2, 0.25) is 0 Å². The number of hydrogen-bond acceptors (Lipinski definition) is 2. The molecule has 0 aromatic heterocycles. The average Bonchev–Trinajstić information content (AvgIpc) is 2.75. The van der Waals surface area contributed by atoms with Gasteiger partial charge in [0.15, 0.2) is 0 Å². The van der Waals surface area contributed by atoms with Crippen LogP contribution in [0.15, 0.2) is 48.5 Å². The van der Waals surface area contributed by atoms with Gasteiger partial charge in [-0.1, -0.05) is 48.5 Å². The summed E-state index contributed by atoms with van der Waals surface area (Å²) < 4.78 is 0. The maximum Gasteiger partial charge on any atom is 0.222 e. The number of amides is 1. The lowest BCUT2D eigenvalue weighted by atomic mass is 9.97. The summed E-state index contributed by atoms with van der Waals surface area (Å²) in [7, 11) is 3.65. The number of fused-ring (bicyclic) bond motifs is 3. The zero-order valence-corrected chi connectivity index (χ0v) is 14.7. The van der Waals surface area contributed by atoms with Crippen molar-refractivity contribution in [2.24, 2.45) is 0 Å². The standard InChI is InChI=1S/C21H26N2O/c1-22(2)21(24)13-7-8-14-23-15-17-9-3-5-11-19(17)20-12-6-4-10-18(20)16-23/h3-6,9-12H,7-8,13-16H2,1-2H3. The van der Waals surface area contributed by atoms with Crippen LogP contribution in [0.25, 0.3) is 11.1 Å².